The van der Waals surface area contributed by atoms with Gasteiger partial charge in [0.15, 0.2) is 0 Å². The largest absolute Gasteiger partial charge is 0.489 e. The summed E-state index contributed by atoms with van der Waals surface area (Å²) in [5.74, 6) is 1.24. The van der Waals surface area contributed by atoms with Crippen molar-refractivity contribution in [3.8, 4) is 5.75 Å². The van der Waals surface area contributed by atoms with E-state index in [1.54, 1.807) is 12.1 Å². The van der Waals surface area contributed by atoms with Crippen LogP contribution in [0.1, 0.15) is 25.0 Å². The summed E-state index contributed by atoms with van der Waals surface area (Å²) in [6.45, 7) is 6.54. The Labute approximate surface area is 160 Å². The zero-order valence-corrected chi connectivity index (χ0v) is 16.0. The molecule has 0 radical (unpaired) electrons. The van der Waals surface area contributed by atoms with Crippen LogP contribution >= 0.6 is 12.4 Å². The Hall–Kier alpha value is -2.10. The molecule has 138 valence electrons. The van der Waals surface area contributed by atoms with Gasteiger partial charge in [0.25, 0.3) is 0 Å². The van der Waals surface area contributed by atoms with Crippen LogP contribution in [0, 0.1) is 11.7 Å². The number of benzene rings is 3. The number of nitrogens with one attached hydrogen (secondary N) is 1. The minimum atomic E-state index is -0.229. The second-order valence-electron chi connectivity index (χ2n) is 6.70. The van der Waals surface area contributed by atoms with E-state index in [1.165, 1.54) is 28.5 Å². The van der Waals surface area contributed by atoms with E-state index < -0.39 is 0 Å². The summed E-state index contributed by atoms with van der Waals surface area (Å²) in [5, 5.41) is 5.92. The van der Waals surface area contributed by atoms with Gasteiger partial charge in [0.2, 0.25) is 0 Å². The number of hydrogen-bond donors (Lipinski definition) is 1. The van der Waals surface area contributed by atoms with E-state index in [-0.39, 0.29) is 18.2 Å². The molecule has 3 rings (SSSR count). The van der Waals surface area contributed by atoms with Crippen LogP contribution in [0.15, 0.2) is 60.7 Å². The molecule has 0 aliphatic carbocycles. The van der Waals surface area contributed by atoms with Crippen molar-refractivity contribution in [1.82, 2.24) is 5.32 Å². The molecule has 0 fully saturated rings. The molecule has 1 N–H and O–H groups in total. The molecule has 0 unspecified atom stereocenters. The standard InChI is InChI=1S/C22H24FNO.ClH/c1-16(2)13-24-14-21-20-6-4-3-5-18(20)9-12-22(21)25-15-17-7-10-19(23)11-8-17;/h3-12,16,24H,13-15H2,1-2H3;1H. The molecule has 0 bridgehead atoms. The summed E-state index contributed by atoms with van der Waals surface area (Å²) in [6, 6.07) is 18.9. The van der Waals surface area contributed by atoms with Gasteiger partial charge in [0, 0.05) is 12.1 Å². The van der Waals surface area contributed by atoms with Gasteiger partial charge in [-0.3, -0.25) is 0 Å². The van der Waals surface area contributed by atoms with Gasteiger partial charge < -0.3 is 10.1 Å². The van der Waals surface area contributed by atoms with Gasteiger partial charge in [-0.2, -0.15) is 0 Å². The molecular formula is C22H25ClFNO. The van der Waals surface area contributed by atoms with Gasteiger partial charge in [0.1, 0.15) is 18.2 Å². The Bertz CT molecular complexity index is 833. The second kappa shape index (κ2) is 9.56. The highest BCUT2D eigenvalue weighted by Crippen LogP contribution is 2.28. The molecule has 0 saturated heterocycles. The van der Waals surface area contributed by atoms with Crippen LogP contribution in [0.2, 0.25) is 0 Å². The lowest BCUT2D eigenvalue weighted by Gasteiger charge is -2.16. The van der Waals surface area contributed by atoms with E-state index in [9.17, 15) is 4.39 Å². The van der Waals surface area contributed by atoms with Crippen molar-refractivity contribution in [2.75, 3.05) is 6.54 Å². The fourth-order valence-electron chi connectivity index (χ4n) is 2.86. The van der Waals surface area contributed by atoms with E-state index >= 15 is 0 Å². The highest BCUT2D eigenvalue weighted by atomic mass is 35.5. The van der Waals surface area contributed by atoms with Gasteiger partial charge in [-0.05, 0) is 47.0 Å². The molecule has 3 aromatic carbocycles. The van der Waals surface area contributed by atoms with Crippen LogP contribution in [-0.2, 0) is 13.2 Å². The van der Waals surface area contributed by atoms with Gasteiger partial charge in [-0.25, -0.2) is 4.39 Å². The number of rotatable bonds is 7. The fourth-order valence-corrected chi connectivity index (χ4v) is 2.86. The van der Waals surface area contributed by atoms with Crippen molar-refractivity contribution in [3.63, 3.8) is 0 Å². The third kappa shape index (κ3) is 5.20. The SMILES string of the molecule is CC(C)CNCc1c(OCc2ccc(F)cc2)ccc2ccccc12.Cl. The topological polar surface area (TPSA) is 21.3 Å². The molecule has 0 aliphatic heterocycles. The average molecular weight is 374 g/mol. The summed E-state index contributed by atoms with van der Waals surface area (Å²) < 4.78 is 19.1. The maximum absolute atomic E-state index is 13.0. The van der Waals surface area contributed by atoms with Crippen molar-refractivity contribution >= 4 is 23.2 Å². The average Bonchev–Trinajstić information content (AvgIpc) is 2.62. The Morgan fingerprint density at radius 3 is 2.42 bits per heavy atom. The number of halogens is 2. The van der Waals surface area contributed by atoms with Gasteiger partial charge in [-0.15, -0.1) is 12.4 Å². The predicted octanol–water partition coefficient (Wildman–Crippen LogP) is 5.73. The highest BCUT2D eigenvalue weighted by Gasteiger charge is 2.09. The van der Waals surface area contributed by atoms with Crippen LogP contribution in [0.5, 0.6) is 5.75 Å². The minimum Gasteiger partial charge on any atom is -0.489 e. The van der Waals surface area contributed by atoms with Gasteiger partial charge in [-0.1, -0.05) is 56.3 Å². The van der Waals surface area contributed by atoms with E-state index in [2.05, 4.69) is 43.4 Å². The molecular weight excluding hydrogens is 349 g/mol. The number of ether oxygens (including phenoxy) is 1. The molecule has 0 amide bonds. The van der Waals surface area contributed by atoms with Crippen LogP contribution < -0.4 is 10.1 Å². The van der Waals surface area contributed by atoms with Crippen molar-refractivity contribution < 1.29 is 9.13 Å². The molecule has 0 aliphatic rings. The lowest BCUT2D eigenvalue weighted by molar-refractivity contribution is 0.302. The van der Waals surface area contributed by atoms with Crippen molar-refractivity contribution in [1.29, 1.82) is 0 Å². The third-order valence-corrected chi connectivity index (χ3v) is 4.16. The van der Waals surface area contributed by atoms with Crippen LogP contribution in [0.4, 0.5) is 4.39 Å². The van der Waals surface area contributed by atoms with Crippen LogP contribution in [0.25, 0.3) is 10.8 Å². The lowest BCUT2D eigenvalue weighted by Crippen LogP contribution is -2.19. The molecule has 0 saturated carbocycles. The Morgan fingerprint density at radius 2 is 1.69 bits per heavy atom. The maximum atomic E-state index is 13.0. The van der Waals surface area contributed by atoms with E-state index in [4.69, 9.17) is 4.74 Å². The van der Waals surface area contributed by atoms with Crippen molar-refractivity contribution in [3.05, 3.63) is 77.6 Å². The van der Waals surface area contributed by atoms with Gasteiger partial charge in [0.05, 0.1) is 0 Å². The molecule has 0 spiro atoms. The Balaban J connectivity index is 0.00000243. The Morgan fingerprint density at radius 1 is 0.962 bits per heavy atom. The van der Waals surface area contributed by atoms with Crippen LogP contribution in [0.3, 0.4) is 0 Å². The summed E-state index contributed by atoms with van der Waals surface area (Å²) in [4.78, 5) is 0. The molecule has 4 heteroatoms. The first-order chi connectivity index (χ1) is 12.1. The van der Waals surface area contributed by atoms with Crippen LogP contribution in [-0.4, -0.2) is 6.54 Å². The zero-order valence-electron chi connectivity index (χ0n) is 15.2. The lowest BCUT2D eigenvalue weighted by atomic mass is 10.0. The normalized spacial score (nSPS) is 10.8. The minimum absolute atomic E-state index is 0. The summed E-state index contributed by atoms with van der Waals surface area (Å²) in [7, 11) is 0. The fraction of sp³-hybridized carbons (Fsp3) is 0.273. The van der Waals surface area contributed by atoms with Crippen molar-refractivity contribution in [2.24, 2.45) is 5.92 Å². The Kier molecular flexibility index (Phi) is 7.43. The zero-order chi connectivity index (χ0) is 17.6. The van der Waals surface area contributed by atoms with E-state index in [1.807, 2.05) is 12.1 Å². The highest BCUT2D eigenvalue weighted by molar-refractivity contribution is 5.87. The first-order valence-electron chi connectivity index (χ1n) is 8.72. The summed E-state index contributed by atoms with van der Waals surface area (Å²) in [5.41, 5.74) is 2.12. The molecule has 0 heterocycles. The smallest absolute Gasteiger partial charge is 0.124 e. The number of hydrogen-bond acceptors (Lipinski definition) is 2. The van der Waals surface area contributed by atoms with Gasteiger partial charge >= 0.3 is 0 Å². The molecule has 3 aromatic rings. The predicted molar refractivity (Wildman–Crippen MR) is 108 cm³/mol. The second-order valence-corrected chi connectivity index (χ2v) is 6.70. The monoisotopic (exact) mass is 373 g/mol. The molecule has 0 aromatic heterocycles. The van der Waals surface area contributed by atoms with E-state index in [0.29, 0.717) is 12.5 Å². The van der Waals surface area contributed by atoms with E-state index in [0.717, 1.165) is 24.4 Å². The summed E-state index contributed by atoms with van der Waals surface area (Å²) >= 11 is 0. The quantitative estimate of drug-likeness (QED) is 0.571. The maximum Gasteiger partial charge on any atom is 0.124 e. The molecule has 26 heavy (non-hydrogen) atoms. The van der Waals surface area contributed by atoms with Crippen molar-refractivity contribution in [2.45, 2.75) is 27.0 Å². The molecule has 2 nitrogen and oxygen atoms in total. The number of fused-ring (bicyclic) bond motifs is 1. The third-order valence-electron chi connectivity index (χ3n) is 4.16. The first-order valence-corrected chi connectivity index (χ1v) is 8.72. The molecule has 0 atom stereocenters. The first kappa shape index (κ1) is 20.2. The summed E-state index contributed by atoms with van der Waals surface area (Å²) in [6.07, 6.45) is 0.